The molecule has 0 aliphatic carbocycles. The molecule has 0 unspecified atom stereocenters. The second-order valence-electron chi connectivity index (χ2n) is 19.3. The predicted octanol–water partition coefficient (Wildman–Crippen LogP) is 17.8. The van der Waals surface area contributed by atoms with Crippen LogP contribution in [0.3, 0.4) is 0 Å². The number of esters is 3. The van der Waals surface area contributed by atoms with Crippen LogP contribution in [-0.2, 0) is 28.6 Å². The van der Waals surface area contributed by atoms with Gasteiger partial charge in [-0.1, -0.05) is 272 Å². The van der Waals surface area contributed by atoms with Crippen molar-refractivity contribution >= 4 is 17.9 Å². The standard InChI is InChI=1S/C55H106O6/c1-5-7-9-11-13-15-17-19-21-22-23-25-27-31-35-39-43-47-54(57)60-50-52(61-55(58)48-44-40-36-32-28-29-33-37-41-45-51(3)4)49-59-53(56)46-42-38-34-30-26-24-20-18-16-14-12-10-8-6-2/h51-52H,5-50H2,1-4H3/t52-/m1/s1. The Hall–Kier alpha value is -1.59. The van der Waals surface area contributed by atoms with E-state index in [1.807, 2.05) is 0 Å². The lowest BCUT2D eigenvalue weighted by Gasteiger charge is -2.18. The fraction of sp³-hybridized carbons (Fsp3) is 0.945. The van der Waals surface area contributed by atoms with E-state index in [9.17, 15) is 14.4 Å². The molecule has 0 aromatic rings. The first kappa shape index (κ1) is 59.4. The van der Waals surface area contributed by atoms with Crippen LogP contribution in [0.1, 0.15) is 310 Å². The van der Waals surface area contributed by atoms with Crippen LogP contribution in [0.4, 0.5) is 0 Å². The van der Waals surface area contributed by atoms with Crippen molar-refractivity contribution in [1.29, 1.82) is 0 Å². The van der Waals surface area contributed by atoms with E-state index in [-0.39, 0.29) is 31.1 Å². The van der Waals surface area contributed by atoms with E-state index in [1.165, 1.54) is 205 Å². The summed E-state index contributed by atoms with van der Waals surface area (Å²) < 4.78 is 16.8. The summed E-state index contributed by atoms with van der Waals surface area (Å²) in [6.07, 6.45) is 52.3. The summed E-state index contributed by atoms with van der Waals surface area (Å²) in [5.41, 5.74) is 0. The van der Waals surface area contributed by atoms with Crippen LogP contribution in [-0.4, -0.2) is 37.2 Å². The van der Waals surface area contributed by atoms with Gasteiger partial charge >= 0.3 is 17.9 Å². The van der Waals surface area contributed by atoms with Gasteiger partial charge in [0.2, 0.25) is 0 Å². The molecular weight excluding hydrogens is 757 g/mol. The Morgan fingerprint density at radius 1 is 0.311 bits per heavy atom. The fourth-order valence-electron chi connectivity index (χ4n) is 8.39. The highest BCUT2D eigenvalue weighted by Crippen LogP contribution is 2.17. The number of unbranched alkanes of at least 4 members (excludes halogenated alkanes) is 37. The molecule has 362 valence electrons. The van der Waals surface area contributed by atoms with Crippen LogP contribution in [0.2, 0.25) is 0 Å². The van der Waals surface area contributed by atoms with Gasteiger partial charge in [0.15, 0.2) is 6.10 Å². The molecule has 6 heteroatoms. The van der Waals surface area contributed by atoms with E-state index in [0.29, 0.717) is 19.3 Å². The average Bonchev–Trinajstić information content (AvgIpc) is 3.24. The number of rotatable bonds is 50. The largest absolute Gasteiger partial charge is 0.462 e. The first-order valence-corrected chi connectivity index (χ1v) is 27.4. The van der Waals surface area contributed by atoms with Crippen molar-refractivity contribution in [3.63, 3.8) is 0 Å². The molecule has 0 aliphatic heterocycles. The van der Waals surface area contributed by atoms with E-state index in [4.69, 9.17) is 14.2 Å². The maximum absolute atomic E-state index is 12.8. The predicted molar refractivity (Wildman–Crippen MR) is 261 cm³/mol. The van der Waals surface area contributed by atoms with Crippen LogP contribution in [0.25, 0.3) is 0 Å². The molecule has 0 fully saturated rings. The van der Waals surface area contributed by atoms with Crippen LogP contribution >= 0.6 is 0 Å². The molecule has 0 aromatic heterocycles. The Labute approximate surface area is 380 Å². The summed E-state index contributed by atoms with van der Waals surface area (Å²) in [7, 11) is 0. The van der Waals surface area contributed by atoms with E-state index in [2.05, 4.69) is 27.7 Å². The third kappa shape index (κ3) is 49.3. The van der Waals surface area contributed by atoms with Crippen molar-refractivity contribution in [3.8, 4) is 0 Å². The number of hydrogen-bond acceptors (Lipinski definition) is 6. The molecule has 61 heavy (non-hydrogen) atoms. The average molecular weight is 863 g/mol. The van der Waals surface area contributed by atoms with Gasteiger partial charge in [0, 0.05) is 19.3 Å². The zero-order valence-corrected chi connectivity index (χ0v) is 41.6. The summed E-state index contributed by atoms with van der Waals surface area (Å²) in [4.78, 5) is 38.0. The van der Waals surface area contributed by atoms with Crippen LogP contribution in [0, 0.1) is 5.92 Å². The molecule has 0 rings (SSSR count). The van der Waals surface area contributed by atoms with Gasteiger partial charge in [-0.3, -0.25) is 14.4 Å². The lowest BCUT2D eigenvalue weighted by atomic mass is 10.0. The molecule has 1 atom stereocenters. The molecule has 0 aromatic carbocycles. The van der Waals surface area contributed by atoms with E-state index < -0.39 is 6.10 Å². The van der Waals surface area contributed by atoms with Crippen molar-refractivity contribution in [3.05, 3.63) is 0 Å². The Morgan fingerprint density at radius 3 is 0.803 bits per heavy atom. The highest BCUT2D eigenvalue weighted by Gasteiger charge is 2.19. The van der Waals surface area contributed by atoms with E-state index in [1.54, 1.807) is 0 Å². The highest BCUT2D eigenvalue weighted by atomic mass is 16.6. The number of carbonyl (C=O) groups is 3. The minimum atomic E-state index is -0.761. The number of ether oxygens (including phenoxy) is 3. The van der Waals surface area contributed by atoms with Gasteiger partial charge in [-0.25, -0.2) is 0 Å². The van der Waals surface area contributed by atoms with Crippen molar-refractivity contribution in [2.24, 2.45) is 5.92 Å². The van der Waals surface area contributed by atoms with Crippen LogP contribution in [0.5, 0.6) is 0 Å². The molecule has 0 spiro atoms. The molecule has 0 bridgehead atoms. The van der Waals surface area contributed by atoms with E-state index >= 15 is 0 Å². The molecule has 0 saturated carbocycles. The quantitative estimate of drug-likeness (QED) is 0.0344. The third-order valence-electron chi connectivity index (χ3n) is 12.5. The molecule has 0 aliphatic rings. The summed E-state index contributed by atoms with van der Waals surface area (Å²) in [5, 5.41) is 0. The van der Waals surface area contributed by atoms with Crippen molar-refractivity contribution < 1.29 is 28.6 Å². The Bertz CT molecular complexity index is 918. The summed E-state index contributed by atoms with van der Waals surface area (Å²) in [6, 6.07) is 0. The minimum Gasteiger partial charge on any atom is -0.462 e. The molecular formula is C55H106O6. The van der Waals surface area contributed by atoms with Gasteiger partial charge in [0.25, 0.3) is 0 Å². The zero-order chi connectivity index (χ0) is 44.5. The summed E-state index contributed by atoms with van der Waals surface area (Å²) >= 11 is 0. The SMILES string of the molecule is CCCCCCCCCCCCCCCCCCCC(=O)OC[C@@H](COC(=O)CCCCCCCCCCCCCCCC)OC(=O)CCCCCCCCCCCC(C)C. The maximum Gasteiger partial charge on any atom is 0.306 e. The van der Waals surface area contributed by atoms with Gasteiger partial charge in [-0.05, 0) is 25.2 Å². The summed E-state index contributed by atoms with van der Waals surface area (Å²) in [6.45, 7) is 9.02. The lowest BCUT2D eigenvalue weighted by molar-refractivity contribution is -0.167. The number of hydrogen-bond donors (Lipinski definition) is 0. The molecule has 0 heterocycles. The molecule has 0 amide bonds. The first-order valence-electron chi connectivity index (χ1n) is 27.4. The minimum absolute atomic E-state index is 0.0627. The highest BCUT2D eigenvalue weighted by molar-refractivity contribution is 5.71. The monoisotopic (exact) mass is 863 g/mol. The molecule has 6 nitrogen and oxygen atoms in total. The van der Waals surface area contributed by atoms with Crippen molar-refractivity contribution in [2.75, 3.05) is 13.2 Å². The van der Waals surface area contributed by atoms with Gasteiger partial charge in [0.05, 0.1) is 0 Å². The Morgan fingerprint density at radius 2 is 0.541 bits per heavy atom. The van der Waals surface area contributed by atoms with Gasteiger partial charge in [-0.2, -0.15) is 0 Å². The van der Waals surface area contributed by atoms with Crippen molar-refractivity contribution in [2.45, 2.75) is 316 Å². The van der Waals surface area contributed by atoms with Gasteiger partial charge < -0.3 is 14.2 Å². The van der Waals surface area contributed by atoms with Crippen LogP contribution in [0.15, 0.2) is 0 Å². The molecule has 0 saturated heterocycles. The van der Waals surface area contributed by atoms with Crippen LogP contribution < -0.4 is 0 Å². The molecule has 0 N–H and O–H groups in total. The zero-order valence-electron chi connectivity index (χ0n) is 41.6. The Kier molecular flexibility index (Phi) is 48.1. The number of carbonyl (C=O) groups excluding carboxylic acids is 3. The van der Waals surface area contributed by atoms with E-state index in [0.717, 1.165) is 63.7 Å². The fourth-order valence-corrected chi connectivity index (χ4v) is 8.39. The third-order valence-corrected chi connectivity index (χ3v) is 12.5. The van der Waals surface area contributed by atoms with Gasteiger partial charge in [-0.15, -0.1) is 0 Å². The Balaban J connectivity index is 4.28. The smallest absolute Gasteiger partial charge is 0.306 e. The second-order valence-corrected chi connectivity index (χ2v) is 19.3. The normalized spacial score (nSPS) is 12.0. The topological polar surface area (TPSA) is 78.9 Å². The lowest BCUT2D eigenvalue weighted by Crippen LogP contribution is -2.30. The van der Waals surface area contributed by atoms with Gasteiger partial charge in [0.1, 0.15) is 13.2 Å². The first-order chi connectivity index (χ1) is 29.9. The maximum atomic E-state index is 12.8. The van der Waals surface area contributed by atoms with Crippen molar-refractivity contribution in [1.82, 2.24) is 0 Å². The second kappa shape index (κ2) is 49.4. The summed E-state index contributed by atoms with van der Waals surface area (Å²) in [5.74, 6) is -0.0354. The molecule has 0 radical (unpaired) electrons.